The van der Waals surface area contributed by atoms with Crippen LogP contribution in [0.25, 0.3) is 16.7 Å². The van der Waals surface area contributed by atoms with Gasteiger partial charge in [0.25, 0.3) is 0 Å². The molecule has 132 valence electrons. The van der Waals surface area contributed by atoms with Gasteiger partial charge in [-0.3, -0.25) is 0 Å². The first-order chi connectivity index (χ1) is 12.3. The lowest BCUT2D eigenvalue weighted by Gasteiger charge is -2.30. The molecule has 0 spiro atoms. The molecule has 2 aromatic rings. The molecule has 1 aliphatic rings. The molecular formula is C25H32. The van der Waals surface area contributed by atoms with Gasteiger partial charge in [-0.2, -0.15) is 0 Å². The fourth-order valence-electron chi connectivity index (χ4n) is 4.23. The molecule has 0 bridgehead atoms. The summed E-state index contributed by atoms with van der Waals surface area (Å²) in [6, 6.07) is 19.6. The Morgan fingerprint density at radius 1 is 0.840 bits per heavy atom. The molecule has 1 fully saturated rings. The third kappa shape index (κ3) is 4.84. The molecule has 0 atom stereocenters. The van der Waals surface area contributed by atoms with Crippen LogP contribution in [-0.2, 0) is 0 Å². The zero-order chi connectivity index (χ0) is 17.5. The highest BCUT2D eigenvalue weighted by atomic mass is 14.3. The third-order valence-corrected chi connectivity index (χ3v) is 5.92. The second kappa shape index (κ2) is 9.04. The van der Waals surface area contributed by atoms with E-state index in [2.05, 4.69) is 68.1 Å². The van der Waals surface area contributed by atoms with Crippen LogP contribution in [0.15, 0.2) is 61.2 Å². The molecule has 0 unspecified atom stereocenters. The maximum absolute atomic E-state index is 4.45. The van der Waals surface area contributed by atoms with Gasteiger partial charge in [0.1, 0.15) is 0 Å². The molecular weight excluding hydrogens is 300 g/mol. The average Bonchev–Trinajstić information content (AvgIpc) is 2.69. The van der Waals surface area contributed by atoms with E-state index in [1.165, 1.54) is 73.6 Å². The van der Waals surface area contributed by atoms with Crippen molar-refractivity contribution in [3.8, 4) is 11.1 Å². The second-order valence-corrected chi connectivity index (χ2v) is 7.68. The van der Waals surface area contributed by atoms with Crippen molar-refractivity contribution < 1.29 is 0 Å². The van der Waals surface area contributed by atoms with Gasteiger partial charge < -0.3 is 0 Å². The zero-order valence-electron chi connectivity index (χ0n) is 15.7. The Hall–Kier alpha value is -1.82. The highest BCUT2D eigenvalue weighted by Gasteiger charge is 2.23. The van der Waals surface area contributed by atoms with Crippen LogP contribution in [0.5, 0.6) is 0 Å². The van der Waals surface area contributed by atoms with Gasteiger partial charge in [-0.25, -0.2) is 0 Å². The smallest absolute Gasteiger partial charge is 0.0162 e. The molecule has 0 amide bonds. The van der Waals surface area contributed by atoms with Crippen LogP contribution in [0.2, 0.25) is 0 Å². The molecule has 0 radical (unpaired) electrons. The minimum atomic E-state index is 0.685. The molecule has 1 saturated carbocycles. The molecule has 0 saturated heterocycles. The van der Waals surface area contributed by atoms with Gasteiger partial charge >= 0.3 is 0 Å². The summed E-state index contributed by atoms with van der Waals surface area (Å²) in [6.45, 7) is 6.75. The van der Waals surface area contributed by atoms with Gasteiger partial charge in [0.2, 0.25) is 0 Å². The molecule has 0 aliphatic heterocycles. The van der Waals surface area contributed by atoms with E-state index >= 15 is 0 Å². The number of rotatable bonds is 7. The molecule has 0 N–H and O–H groups in total. The summed E-state index contributed by atoms with van der Waals surface area (Å²) in [5, 5.41) is 0. The van der Waals surface area contributed by atoms with Gasteiger partial charge in [-0.05, 0) is 59.8 Å². The van der Waals surface area contributed by atoms with E-state index < -0.39 is 0 Å². The summed E-state index contributed by atoms with van der Waals surface area (Å²) in [5.41, 5.74) is 5.25. The van der Waals surface area contributed by atoms with Crippen LogP contribution in [0.3, 0.4) is 0 Å². The highest BCUT2D eigenvalue weighted by Crippen LogP contribution is 2.38. The van der Waals surface area contributed by atoms with Crippen molar-refractivity contribution in [2.24, 2.45) is 11.8 Å². The molecule has 0 heterocycles. The highest BCUT2D eigenvalue weighted by molar-refractivity contribution is 5.70. The Bertz CT molecular complexity index is 642. The Kier molecular flexibility index (Phi) is 6.50. The molecule has 0 nitrogen and oxygen atoms in total. The van der Waals surface area contributed by atoms with Gasteiger partial charge in [0.15, 0.2) is 0 Å². The van der Waals surface area contributed by atoms with Gasteiger partial charge in [-0.15, -0.1) is 0 Å². The largest absolute Gasteiger partial charge is 0.0950 e. The molecule has 25 heavy (non-hydrogen) atoms. The van der Waals surface area contributed by atoms with Crippen molar-refractivity contribution in [3.63, 3.8) is 0 Å². The van der Waals surface area contributed by atoms with Crippen LogP contribution in [0, 0.1) is 11.8 Å². The van der Waals surface area contributed by atoms with E-state index in [0.29, 0.717) is 5.92 Å². The quantitative estimate of drug-likeness (QED) is 0.454. The fraction of sp³-hybridized carbons (Fsp3) is 0.440. The predicted octanol–water partition coefficient (Wildman–Crippen LogP) is 7.75. The monoisotopic (exact) mass is 332 g/mol. The first kappa shape index (κ1) is 18.0. The van der Waals surface area contributed by atoms with E-state index in [0.717, 1.165) is 5.92 Å². The summed E-state index contributed by atoms with van der Waals surface area (Å²) in [5.74, 6) is 1.65. The van der Waals surface area contributed by atoms with E-state index in [-0.39, 0.29) is 0 Å². The maximum atomic E-state index is 4.45. The first-order valence-electron chi connectivity index (χ1n) is 10.1. The Balaban J connectivity index is 1.55. The van der Waals surface area contributed by atoms with E-state index in [1.807, 2.05) is 0 Å². The van der Waals surface area contributed by atoms with E-state index in [9.17, 15) is 0 Å². The molecule has 3 rings (SSSR count). The summed E-state index contributed by atoms with van der Waals surface area (Å²) in [7, 11) is 0. The Morgan fingerprint density at radius 3 is 2.12 bits per heavy atom. The van der Waals surface area contributed by atoms with Crippen molar-refractivity contribution in [3.05, 3.63) is 66.7 Å². The lowest BCUT2D eigenvalue weighted by molar-refractivity contribution is 0.294. The molecule has 2 aromatic carbocycles. The van der Waals surface area contributed by atoms with Gasteiger partial charge in [-0.1, -0.05) is 93.8 Å². The summed E-state index contributed by atoms with van der Waals surface area (Å²) < 4.78 is 0. The van der Waals surface area contributed by atoms with Crippen LogP contribution >= 0.6 is 0 Å². The second-order valence-electron chi connectivity index (χ2n) is 7.68. The number of benzene rings is 2. The topological polar surface area (TPSA) is 0 Å². The SMILES string of the molecule is C=C(c1ccc(-c2ccccc2)cc1)[C@H]1CC[C@H](CCCCC)CC1. The van der Waals surface area contributed by atoms with Gasteiger partial charge in [0, 0.05) is 0 Å². The van der Waals surface area contributed by atoms with Crippen molar-refractivity contribution in [1.29, 1.82) is 0 Å². The summed E-state index contributed by atoms with van der Waals surface area (Å²) in [4.78, 5) is 0. The van der Waals surface area contributed by atoms with E-state index in [1.54, 1.807) is 0 Å². The molecule has 0 aromatic heterocycles. The minimum absolute atomic E-state index is 0.685. The number of allylic oxidation sites excluding steroid dienone is 1. The number of hydrogen-bond acceptors (Lipinski definition) is 0. The van der Waals surface area contributed by atoms with Gasteiger partial charge in [0.05, 0.1) is 0 Å². The lowest BCUT2D eigenvalue weighted by atomic mass is 9.75. The Morgan fingerprint density at radius 2 is 1.48 bits per heavy atom. The van der Waals surface area contributed by atoms with Crippen LogP contribution in [-0.4, -0.2) is 0 Å². The molecule has 1 aliphatic carbocycles. The number of unbranched alkanes of at least 4 members (excludes halogenated alkanes) is 2. The standard InChI is InChI=1S/C25H32/c1-3-4-6-9-21-12-14-22(15-13-21)20(2)23-16-18-25(19-17-23)24-10-7-5-8-11-24/h5,7-8,10-11,16-19,21-22H,2-4,6,9,12-15H2,1H3/t21-,22-. The predicted molar refractivity (Wildman–Crippen MR) is 111 cm³/mol. The van der Waals surface area contributed by atoms with E-state index in [4.69, 9.17) is 0 Å². The van der Waals surface area contributed by atoms with Crippen LogP contribution in [0.1, 0.15) is 63.9 Å². The summed E-state index contributed by atoms with van der Waals surface area (Å²) >= 11 is 0. The molecule has 0 heteroatoms. The maximum Gasteiger partial charge on any atom is -0.0162 e. The van der Waals surface area contributed by atoms with Crippen molar-refractivity contribution in [2.75, 3.05) is 0 Å². The zero-order valence-corrected chi connectivity index (χ0v) is 15.7. The third-order valence-electron chi connectivity index (χ3n) is 5.92. The van der Waals surface area contributed by atoms with Crippen LogP contribution in [0.4, 0.5) is 0 Å². The lowest BCUT2D eigenvalue weighted by Crippen LogP contribution is -2.15. The average molecular weight is 333 g/mol. The Labute approximate surface area is 154 Å². The first-order valence-corrected chi connectivity index (χ1v) is 10.1. The van der Waals surface area contributed by atoms with Crippen molar-refractivity contribution in [1.82, 2.24) is 0 Å². The van der Waals surface area contributed by atoms with Crippen molar-refractivity contribution >= 4 is 5.57 Å². The van der Waals surface area contributed by atoms with Crippen LogP contribution < -0.4 is 0 Å². The number of hydrogen-bond donors (Lipinski definition) is 0. The minimum Gasteiger partial charge on any atom is -0.0950 e. The summed E-state index contributed by atoms with van der Waals surface area (Å²) in [6.07, 6.45) is 11.1. The fourth-order valence-corrected chi connectivity index (χ4v) is 4.23. The normalized spacial score (nSPS) is 20.4. The van der Waals surface area contributed by atoms with Crippen molar-refractivity contribution in [2.45, 2.75) is 58.3 Å².